The van der Waals surface area contributed by atoms with Gasteiger partial charge in [0.05, 0.1) is 5.56 Å². The number of carbonyl (C=O) groups excluding carboxylic acids is 2. The van der Waals surface area contributed by atoms with Crippen molar-refractivity contribution in [3.63, 3.8) is 0 Å². The smallest absolute Gasteiger partial charge is 0.434 e. The normalized spacial score (nSPS) is 11.8. The van der Waals surface area contributed by atoms with E-state index in [-0.39, 0.29) is 22.6 Å². The zero-order valence-corrected chi connectivity index (χ0v) is 21.9. The van der Waals surface area contributed by atoms with Crippen LogP contribution in [0, 0.1) is 0 Å². The molecule has 0 spiro atoms. The van der Waals surface area contributed by atoms with Crippen LogP contribution in [0.5, 0.6) is 0 Å². The molecule has 11 nitrogen and oxygen atoms in total. The molecular formula is C24H22F3N7O4S. The van der Waals surface area contributed by atoms with E-state index >= 15 is 0 Å². The SMILES string of the molecule is CCNC(=O)Nc1cc(-c2nc(C(F)(F)F)cs2)c(-c2cncc(-c3nnc(C(C)(C)OC(C)=O)o3)c2)cn1. The Balaban J connectivity index is 1.76. The molecule has 0 radical (unpaired) electrons. The third-order valence-electron chi connectivity index (χ3n) is 5.14. The number of thiazole rings is 1. The first kappa shape index (κ1) is 27.6. The average Bonchev–Trinajstić information content (AvgIpc) is 3.54. The molecule has 4 rings (SSSR count). The van der Waals surface area contributed by atoms with E-state index in [4.69, 9.17) is 9.15 Å². The van der Waals surface area contributed by atoms with Gasteiger partial charge in [-0.15, -0.1) is 21.5 Å². The Kier molecular flexibility index (Phi) is 7.63. The summed E-state index contributed by atoms with van der Waals surface area (Å²) in [5.74, 6) is -0.271. The molecule has 2 N–H and O–H groups in total. The Morgan fingerprint density at radius 2 is 1.82 bits per heavy atom. The number of pyridine rings is 2. The fraction of sp³-hybridized carbons (Fsp3) is 0.292. The standard InChI is InChI=1S/C24H22F3N7O4S/c1-5-29-22(36)32-18-7-15(20-31-17(11-39-20)24(25,26)27)16(10-30-18)13-6-14(9-28-8-13)19-33-34-21(37-19)23(3,4)38-12(2)35/h6-11H,5H2,1-4H3,(H2,29,30,32,36). The summed E-state index contributed by atoms with van der Waals surface area (Å²) in [5.41, 5.74) is -0.665. The lowest BCUT2D eigenvalue weighted by atomic mass is 10.0. The van der Waals surface area contributed by atoms with E-state index in [9.17, 15) is 22.8 Å². The van der Waals surface area contributed by atoms with Gasteiger partial charge in [0.15, 0.2) is 11.3 Å². The number of ether oxygens (including phenoxy) is 1. The van der Waals surface area contributed by atoms with Crippen molar-refractivity contribution in [3.8, 4) is 33.2 Å². The van der Waals surface area contributed by atoms with Crippen LogP contribution < -0.4 is 10.6 Å². The molecule has 4 aromatic heterocycles. The van der Waals surface area contributed by atoms with Crippen molar-refractivity contribution in [3.05, 3.63) is 47.7 Å². The number of halogens is 3. The van der Waals surface area contributed by atoms with E-state index in [1.807, 2.05) is 0 Å². The molecule has 204 valence electrons. The number of esters is 1. The Bertz CT molecular complexity index is 1520. The highest BCUT2D eigenvalue weighted by atomic mass is 32.1. The van der Waals surface area contributed by atoms with Gasteiger partial charge in [0.2, 0.25) is 5.89 Å². The van der Waals surface area contributed by atoms with Gasteiger partial charge in [0.1, 0.15) is 10.8 Å². The summed E-state index contributed by atoms with van der Waals surface area (Å²) in [4.78, 5) is 35.6. The summed E-state index contributed by atoms with van der Waals surface area (Å²) in [6.07, 6.45) is -0.279. The molecule has 4 aromatic rings. The number of alkyl halides is 3. The van der Waals surface area contributed by atoms with Crippen LogP contribution in [0.3, 0.4) is 0 Å². The van der Waals surface area contributed by atoms with Crippen LogP contribution in [-0.4, -0.2) is 43.7 Å². The van der Waals surface area contributed by atoms with Gasteiger partial charge in [-0.2, -0.15) is 13.2 Å². The second-order valence-corrected chi connectivity index (χ2v) is 9.47. The minimum absolute atomic E-state index is 0.0590. The zero-order valence-electron chi connectivity index (χ0n) is 21.1. The number of aromatic nitrogens is 5. The summed E-state index contributed by atoms with van der Waals surface area (Å²) in [7, 11) is 0. The molecule has 0 aliphatic heterocycles. The minimum Gasteiger partial charge on any atom is -0.450 e. The molecule has 0 aliphatic carbocycles. The lowest BCUT2D eigenvalue weighted by molar-refractivity contribution is -0.156. The third kappa shape index (κ3) is 6.37. The largest absolute Gasteiger partial charge is 0.450 e. The van der Waals surface area contributed by atoms with E-state index in [2.05, 4.69) is 35.8 Å². The van der Waals surface area contributed by atoms with E-state index in [0.717, 1.165) is 16.7 Å². The number of hydrogen-bond acceptors (Lipinski definition) is 10. The monoisotopic (exact) mass is 561 g/mol. The fourth-order valence-electron chi connectivity index (χ4n) is 3.47. The molecule has 0 aliphatic rings. The maximum Gasteiger partial charge on any atom is 0.434 e. The highest BCUT2D eigenvalue weighted by molar-refractivity contribution is 7.13. The molecule has 0 unspecified atom stereocenters. The molecule has 0 atom stereocenters. The lowest BCUT2D eigenvalue weighted by Crippen LogP contribution is -2.28. The van der Waals surface area contributed by atoms with Crippen molar-refractivity contribution in [2.45, 2.75) is 39.5 Å². The molecule has 0 fully saturated rings. The Labute approximate surface area is 223 Å². The summed E-state index contributed by atoms with van der Waals surface area (Å²) in [5, 5.41) is 14.1. The molecule has 0 aromatic carbocycles. The van der Waals surface area contributed by atoms with Crippen LogP contribution in [0.2, 0.25) is 0 Å². The Morgan fingerprint density at radius 3 is 2.49 bits per heavy atom. The highest BCUT2D eigenvalue weighted by Gasteiger charge is 2.34. The number of amides is 2. The first-order valence-corrected chi connectivity index (χ1v) is 12.3. The van der Waals surface area contributed by atoms with Crippen molar-refractivity contribution < 1.29 is 31.9 Å². The van der Waals surface area contributed by atoms with E-state index in [1.54, 1.807) is 26.8 Å². The number of nitrogens with zero attached hydrogens (tertiary/aromatic N) is 5. The van der Waals surface area contributed by atoms with Gasteiger partial charge in [0, 0.05) is 54.1 Å². The topological polar surface area (TPSA) is 145 Å². The Hall–Kier alpha value is -4.40. The first-order chi connectivity index (χ1) is 18.4. The molecule has 39 heavy (non-hydrogen) atoms. The van der Waals surface area contributed by atoms with Crippen LogP contribution in [0.15, 0.2) is 40.5 Å². The van der Waals surface area contributed by atoms with E-state index in [1.165, 1.54) is 31.6 Å². The Morgan fingerprint density at radius 1 is 1.08 bits per heavy atom. The maximum absolute atomic E-state index is 13.3. The van der Waals surface area contributed by atoms with Gasteiger partial charge in [-0.25, -0.2) is 14.8 Å². The summed E-state index contributed by atoms with van der Waals surface area (Å²) in [6.45, 7) is 6.55. The second kappa shape index (κ2) is 10.8. The van der Waals surface area contributed by atoms with Gasteiger partial charge in [0.25, 0.3) is 5.89 Å². The van der Waals surface area contributed by atoms with Gasteiger partial charge in [-0.3, -0.25) is 15.1 Å². The van der Waals surface area contributed by atoms with Gasteiger partial charge in [-0.05, 0) is 32.9 Å². The molecule has 0 saturated carbocycles. The molecule has 15 heteroatoms. The van der Waals surface area contributed by atoms with Gasteiger partial charge < -0.3 is 14.5 Å². The van der Waals surface area contributed by atoms with Crippen LogP contribution in [0.1, 0.15) is 39.3 Å². The van der Waals surface area contributed by atoms with Crippen molar-refractivity contribution in [1.29, 1.82) is 0 Å². The van der Waals surface area contributed by atoms with Crippen molar-refractivity contribution >= 4 is 29.2 Å². The summed E-state index contributed by atoms with van der Waals surface area (Å²) in [6, 6.07) is 2.55. The minimum atomic E-state index is -4.62. The predicted molar refractivity (Wildman–Crippen MR) is 134 cm³/mol. The van der Waals surface area contributed by atoms with Crippen LogP contribution in [-0.2, 0) is 21.3 Å². The predicted octanol–water partition coefficient (Wildman–Crippen LogP) is 5.28. The number of rotatable bonds is 7. The molecule has 0 bridgehead atoms. The van der Waals surface area contributed by atoms with Crippen LogP contribution in [0.25, 0.3) is 33.2 Å². The van der Waals surface area contributed by atoms with Crippen molar-refractivity contribution in [1.82, 2.24) is 30.5 Å². The van der Waals surface area contributed by atoms with E-state index in [0.29, 0.717) is 28.8 Å². The number of hydrogen-bond donors (Lipinski definition) is 2. The van der Waals surface area contributed by atoms with Crippen LogP contribution >= 0.6 is 11.3 Å². The average molecular weight is 562 g/mol. The maximum atomic E-state index is 13.3. The summed E-state index contributed by atoms with van der Waals surface area (Å²) < 4.78 is 50.8. The fourth-order valence-corrected chi connectivity index (χ4v) is 4.33. The highest BCUT2D eigenvalue weighted by Crippen LogP contribution is 2.39. The quantitative estimate of drug-likeness (QED) is 0.288. The van der Waals surface area contributed by atoms with Crippen molar-refractivity contribution in [2.75, 3.05) is 11.9 Å². The van der Waals surface area contributed by atoms with Crippen molar-refractivity contribution in [2.24, 2.45) is 0 Å². The third-order valence-corrected chi connectivity index (χ3v) is 6.02. The number of urea groups is 1. The first-order valence-electron chi connectivity index (χ1n) is 11.4. The number of carbonyl (C=O) groups is 2. The van der Waals surface area contributed by atoms with E-state index < -0.39 is 29.5 Å². The molecule has 4 heterocycles. The molecule has 0 saturated heterocycles. The second-order valence-electron chi connectivity index (χ2n) is 8.61. The summed E-state index contributed by atoms with van der Waals surface area (Å²) >= 11 is 0.798. The zero-order chi connectivity index (χ0) is 28.4. The van der Waals surface area contributed by atoms with Gasteiger partial charge >= 0.3 is 18.2 Å². The molecule has 2 amide bonds. The lowest BCUT2D eigenvalue weighted by Gasteiger charge is -2.19. The number of anilines is 1. The van der Waals surface area contributed by atoms with Crippen LogP contribution in [0.4, 0.5) is 23.8 Å². The number of nitrogens with one attached hydrogen (secondary N) is 2. The van der Waals surface area contributed by atoms with Gasteiger partial charge in [-0.1, -0.05) is 0 Å². The molecular weight excluding hydrogens is 539 g/mol.